The Morgan fingerprint density at radius 1 is 1.17 bits per heavy atom. The van der Waals surface area contributed by atoms with E-state index in [0.717, 1.165) is 12.8 Å². The molecule has 1 atom stereocenters. The van der Waals surface area contributed by atoms with Crippen molar-refractivity contribution in [3.8, 4) is 0 Å². The van der Waals surface area contributed by atoms with Crippen molar-refractivity contribution in [2.45, 2.75) is 57.9 Å². The summed E-state index contributed by atoms with van der Waals surface area (Å²) >= 11 is 5.99. The lowest BCUT2D eigenvalue weighted by atomic mass is 10.00. The minimum Gasteiger partial charge on any atom is -0.324 e. The van der Waals surface area contributed by atoms with Crippen LogP contribution >= 0.6 is 11.6 Å². The van der Waals surface area contributed by atoms with E-state index in [4.69, 9.17) is 17.3 Å². The van der Waals surface area contributed by atoms with E-state index in [2.05, 4.69) is 6.92 Å². The van der Waals surface area contributed by atoms with E-state index in [1.807, 2.05) is 0 Å². The number of unbranched alkanes of at least 4 members (excludes halogenated alkanes) is 5. The van der Waals surface area contributed by atoms with E-state index >= 15 is 0 Å². The van der Waals surface area contributed by atoms with Gasteiger partial charge in [-0.2, -0.15) is 0 Å². The zero-order valence-electron chi connectivity index (χ0n) is 11.1. The molecule has 0 spiro atoms. The zero-order valence-corrected chi connectivity index (χ0v) is 11.8. The van der Waals surface area contributed by atoms with Gasteiger partial charge in [-0.05, 0) is 18.6 Å². The minimum atomic E-state index is -0.291. The van der Waals surface area contributed by atoms with Gasteiger partial charge in [0.1, 0.15) is 5.82 Å². The number of rotatable bonds is 8. The highest BCUT2D eigenvalue weighted by molar-refractivity contribution is 6.31. The Kier molecular flexibility index (Phi) is 7.29. The first-order valence-electron chi connectivity index (χ1n) is 6.86. The van der Waals surface area contributed by atoms with Crippen molar-refractivity contribution in [2.24, 2.45) is 5.73 Å². The van der Waals surface area contributed by atoms with Crippen molar-refractivity contribution >= 4 is 11.6 Å². The lowest BCUT2D eigenvalue weighted by Crippen LogP contribution is -2.12. The second-order valence-corrected chi connectivity index (χ2v) is 5.21. The fraction of sp³-hybridized carbons (Fsp3) is 0.600. The van der Waals surface area contributed by atoms with Gasteiger partial charge < -0.3 is 5.73 Å². The average molecular weight is 272 g/mol. The van der Waals surface area contributed by atoms with Crippen LogP contribution in [0.4, 0.5) is 4.39 Å². The standard InChI is InChI=1S/C15H23ClFN/c1-2-3-4-5-6-7-11-14(18)15-12(16)9-8-10-13(15)17/h8-10,14H,2-7,11,18H2,1H3. The third-order valence-corrected chi connectivity index (χ3v) is 3.57. The number of benzene rings is 1. The molecule has 0 aliphatic carbocycles. The SMILES string of the molecule is CCCCCCCCC(N)c1c(F)cccc1Cl. The van der Waals surface area contributed by atoms with Crippen molar-refractivity contribution in [2.75, 3.05) is 0 Å². The number of hydrogen-bond donors (Lipinski definition) is 1. The van der Waals surface area contributed by atoms with Crippen molar-refractivity contribution in [1.29, 1.82) is 0 Å². The molecule has 102 valence electrons. The van der Waals surface area contributed by atoms with Gasteiger partial charge >= 0.3 is 0 Å². The number of halogens is 2. The molecule has 0 heterocycles. The zero-order chi connectivity index (χ0) is 13.4. The molecule has 2 N–H and O–H groups in total. The molecule has 18 heavy (non-hydrogen) atoms. The Morgan fingerprint density at radius 3 is 2.50 bits per heavy atom. The number of hydrogen-bond acceptors (Lipinski definition) is 1. The molecule has 3 heteroatoms. The van der Waals surface area contributed by atoms with Gasteiger partial charge in [0.15, 0.2) is 0 Å². The van der Waals surface area contributed by atoms with Crippen LogP contribution in [-0.4, -0.2) is 0 Å². The summed E-state index contributed by atoms with van der Waals surface area (Å²) in [6.45, 7) is 2.20. The van der Waals surface area contributed by atoms with Crippen LogP contribution in [0.25, 0.3) is 0 Å². The van der Waals surface area contributed by atoms with Gasteiger partial charge in [-0.1, -0.05) is 63.1 Å². The summed E-state index contributed by atoms with van der Waals surface area (Å²) in [7, 11) is 0. The van der Waals surface area contributed by atoms with Crippen molar-refractivity contribution in [3.05, 3.63) is 34.6 Å². The molecule has 0 aliphatic heterocycles. The van der Waals surface area contributed by atoms with Crippen molar-refractivity contribution < 1.29 is 4.39 Å². The Balaban J connectivity index is 2.34. The van der Waals surface area contributed by atoms with E-state index < -0.39 is 0 Å². The summed E-state index contributed by atoms with van der Waals surface area (Å²) in [5.74, 6) is -0.291. The largest absolute Gasteiger partial charge is 0.324 e. The van der Waals surface area contributed by atoms with Crippen molar-refractivity contribution in [3.63, 3.8) is 0 Å². The van der Waals surface area contributed by atoms with Crippen molar-refractivity contribution in [1.82, 2.24) is 0 Å². The van der Waals surface area contributed by atoms with Crippen LogP contribution in [-0.2, 0) is 0 Å². The molecule has 0 radical (unpaired) electrons. The molecule has 0 aliphatic rings. The van der Waals surface area contributed by atoms with E-state index in [9.17, 15) is 4.39 Å². The number of nitrogens with two attached hydrogens (primary N) is 1. The lowest BCUT2D eigenvalue weighted by Gasteiger charge is -2.14. The summed E-state index contributed by atoms with van der Waals surface area (Å²) in [4.78, 5) is 0. The normalized spacial score (nSPS) is 12.7. The molecule has 1 nitrogen and oxygen atoms in total. The fourth-order valence-electron chi connectivity index (χ4n) is 2.15. The van der Waals surface area contributed by atoms with Gasteiger partial charge in [0, 0.05) is 16.6 Å². The monoisotopic (exact) mass is 271 g/mol. The Bertz CT molecular complexity index is 334. The van der Waals surface area contributed by atoms with Crippen LogP contribution < -0.4 is 5.73 Å². The van der Waals surface area contributed by atoms with Crippen LogP contribution in [0.1, 0.15) is 63.5 Å². The van der Waals surface area contributed by atoms with Gasteiger partial charge in [0.05, 0.1) is 0 Å². The molecular formula is C15H23ClFN. The highest BCUT2D eigenvalue weighted by Crippen LogP contribution is 2.27. The van der Waals surface area contributed by atoms with Crippen LogP contribution in [0.2, 0.25) is 5.02 Å². The van der Waals surface area contributed by atoms with Gasteiger partial charge in [-0.3, -0.25) is 0 Å². The third kappa shape index (κ3) is 4.95. The van der Waals surface area contributed by atoms with Gasteiger partial charge in [-0.25, -0.2) is 4.39 Å². The molecule has 1 rings (SSSR count). The Morgan fingerprint density at radius 2 is 1.83 bits per heavy atom. The molecule has 0 amide bonds. The Labute approximate surface area is 115 Å². The van der Waals surface area contributed by atoms with Crippen LogP contribution in [0.3, 0.4) is 0 Å². The second kappa shape index (κ2) is 8.49. The summed E-state index contributed by atoms with van der Waals surface area (Å²) in [6.07, 6.45) is 8.08. The smallest absolute Gasteiger partial charge is 0.129 e. The molecule has 0 saturated heterocycles. The van der Waals surface area contributed by atoms with Crippen LogP contribution in [0, 0.1) is 5.82 Å². The molecule has 0 saturated carbocycles. The molecule has 1 aromatic rings. The highest BCUT2D eigenvalue weighted by Gasteiger charge is 2.14. The topological polar surface area (TPSA) is 26.0 Å². The minimum absolute atomic E-state index is 0.287. The first kappa shape index (κ1) is 15.5. The maximum absolute atomic E-state index is 13.6. The lowest BCUT2D eigenvalue weighted by molar-refractivity contribution is 0.523. The van der Waals surface area contributed by atoms with Gasteiger partial charge in [0.25, 0.3) is 0 Å². The van der Waals surface area contributed by atoms with E-state index in [0.29, 0.717) is 10.6 Å². The Hall–Kier alpha value is -0.600. The molecule has 0 aromatic heterocycles. The van der Waals surface area contributed by atoms with E-state index in [1.54, 1.807) is 12.1 Å². The second-order valence-electron chi connectivity index (χ2n) is 4.80. The fourth-order valence-corrected chi connectivity index (χ4v) is 2.46. The molecule has 0 bridgehead atoms. The van der Waals surface area contributed by atoms with Gasteiger partial charge in [-0.15, -0.1) is 0 Å². The summed E-state index contributed by atoms with van der Waals surface area (Å²) < 4.78 is 13.6. The van der Waals surface area contributed by atoms with E-state index in [-0.39, 0.29) is 11.9 Å². The quantitative estimate of drug-likeness (QED) is 0.644. The third-order valence-electron chi connectivity index (χ3n) is 3.24. The first-order valence-corrected chi connectivity index (χ1v) is 7.24. The summed E-state index contributed by atoms with van der Waals surface area (Å²) in [5.41, 5.74) is 6.48. The maximum atomic E-state index is 13.6. The predicted octanol–water partition coefficient (Wildman–Crippen LogP) is 5.23. The summed E-state index contributed by atoms with van der Waals surface area (Å²) in [5, 5.41) is 0.438. The predicted molar refractivity (Wildman–Crippen MR) is 76.3 cm³/mol. The molecule has 1 unspecified atom stereocenters. The highest BCUT2D eigenvalue weighted by atomic mass is 35.5. The summed E-state index contributed by atoms with van der Waals surface area (Å²) in [6, 6.07) is 4.44. The molecule has 1 aromatic carbocycles. The van der Waals surface area contributed by atoms with Gasteiger partial charge in [0.2, 0.25) is 0 Å². The van der Waals surface area contributed by atoms with E-state index in [1.165, 1.54) is 38.2 Å². The maximum Gasteiger partial charge on any atom is 0.129 e. The average Bonchev–Trinajstić information content (AvgIpc) is 2.33. The van der Waals surface area contributed by atoms with Crippen LogP contribution in [0.15, 0.2) is 18.2 Å². The molecular weight excluding hydrogens is 249 g/mol. The van der Waals surface area contributed by atoms with Crippen LogP contribution in [0.5, 0.6) is 0 Å². The first-order chi connectivity index (χ1) is 8.66. The molecule has 0 fully saturated rings.